The molecule has 2 aliphatic heterocycles. The van der Waals surface area contributed by atoms with Crippen LogP contribution < -0.4 is 11.1 Å². The number of nitrogens with two attached hydrogens (primary N) is 1. The molecule has 2 heterocycles. The molecule has 0 aromatic carbocycles. The molecule has 5 nitrogen and oxygen atoms in total. The first-order valence-electron chi connectivity index (χ1n) is 10.3. The highest BCUT2D eigenvalue weighted by Crippen LogP contribution is 2.37. The first-order valence-corrected chi connectivity index (χ1v) is 10.3. The lowest BCUT2D eigenvalue weighted by Crippen LogP contribution is -2.47. The predicted octanol–water partition coefficient (Wildman–Crippen LogP) is 2.62. The molecule has 3 aliphatic rings. The zero-order valence-electron chi connectivity index (χ0n) is 17.4. The fourth-order valence-corrected chi connectivity index (χ4v) is 4.32. The van der Waals surface area contributed by atoms with Crippen LogP contribution in [0, 0.1) is 11.3 Å². The fraction of sp³-hybridized carbons (Fsp3) is 0.682. The molecule has 0 bridgehead atoms. The molecule has 5 heteroatoms. The molecule has 3 rings (SSSR count). The van der Waals surface area contributed by atoms with E-state index in [-0.39, 0.29) is 5.91 Å². The van der Waals surface area contributed by atoms with Crippen LogP contribution in [0.5, 0.6) is 0 Å². The highest BCUT2D eigenvalue weighted by atomic mass is 16.2. The average Bonchev–Trinajstić information content (AvgIpc) is 2.62. The number of carbonyl (C=O) groups excluding carboxylic acids is 1. The molecule has 1 atom stereocenters. The van der Waals surface area contributed by atoms with Gasteiger partial charge in [0.15, 0.2) is 0 Å². The second-order valence-corrected chi connectivity index (χ2v) is 9.41. The number of carbonyl (C=O) groups is 1. The molecule has 0 saturated carbocycles. The minimum atomic E-state index is 0.241. The first kappa shape index (κ1) is 20.0. The van der Waals surface area contributed by atoms with Crippen molar-refractivity contribution in [2.24, 2.45) is 17.1 Å². The minimum absolute atomic E-state index is 0.241. The van der Waals surface area contributed by atoms with Crippen molar-refractivity contribution >= 4 is 5.91 Å². The van der Waals surface area contributed by atoms with Crippen molar-refractivity contribution in [1.82, 2.24) is 15.1 Å². The Labute approximate surface area is 164 Å². The first-order chi connectivity index (χ1) is 12.7. The van der Waals surface area contributed by atoms with Crippen molar-refractivity contribution in [2.45, 2.75) is 52.0 Å². The Balaban J connectivity index is 1.58. The summed E-state index contributed by atoms with van der Waals surface area (Å²) >= 11 is 0. The van der Waals surface area contributed by atoms with Gasteiger partial charge in [-0.05, 0) is 69.2 Å². The standard InChI is InChI=1S/C22H36N4O/c1-22(2)11-7-17(8-12-22)21-18(23)5-6-19(24-21)16-9-13-26(14-10-16)20(27)15-25(3)4/h5-7,16,19,24H,8-15,23H2,1-4H3. The second kappa shape index (κ2) is 8.09. The van der Waals surface area contributed by atoms with Crippen LogP contribution in [-0.4, -0.2) is 55.5 Å². The van der Waals surface area contributed by atoms with Gasteiger partial charge in [0.25, 0.3) is 0 Å². The van der Waals surface area contributed by atoms with Gasteiger partial charge in [0.05, 0.1) is 17.9 Å². The van der Waals surface area contributed by atoms with Crippen molar-refractivity contribution in [2.75, 3.05) is 33.7 Å². The SMILES string of the molecule is CN(C)CC(=O)N1CCC(C2C=CC(N)=C(C3=CCC(C)(C)CC3)N2)CC1. The number of allylic oxidation sites excluding steroid dienone is 3. The Kier molecular flexibility index (Phi) is 5.99. The summed E-state index contributed by atoms with van der Waals surface area (Å²) in [5.74, 6) is 0.791. The highest BCUT2D eigenvalue weighted by molar-refractivity contribution is 5.78. The maximum Gasteiger partial charge on any atom is 0.236 e. The number of hydrogen-bond acceptors (Lipinski definition) is 4. The summed E-state index contributed by atoms with van der Waals surface area (Å²) in [5, 5.41) is 3.73. The number of rotatable bonds is 4. The molecule has 1 aliphatic carbocycles. The molecule has 1 unspecified atom stereocenters. The van der Waals surface area contributed by atoms with Crippen molar-refractivity contribution in [3.8, 4) is 0 Å². The van der Waals surface area contributed by atoms with Gasteiger partial charge in [-0.2, -0.15) is 0 Å². The zero-order chi connectivity index (χ0) is 19.6. The van der Waals surface area contributed by atoms with E-state index in [1.54, 1.807) is 0 Å². The van der Waals surface area contributed by atoms with Crippen molar-refractivity contribution in [3.63, 3.8) is 0 Å². The van der Waals surface area contributed by atoms with Crippen LogP contribution in [0.1, 0.15) is 46.0 Å². The summed E-state index contributed by atoms with van der Waals surface area (Å²) < 4.78 is 0. The highest BCUT2D eigenvalue weighted by Gasteiger charge is 2.31. The van der Waals surface area contributed by atoms with E-state index in [2.05, 4.69) is 37.4 Å². The van der Waals surface area contributed by atoms with E-state index in [9.17, 15) is 4.79 Å². The third kappa shape index (κ3) is 4.95. The van der Waals surface area contributed by atoms with Gasteiger partial charge in [-0.3, -0.25) is 4.79 Å². The van der Waals surface area contributed by atoms with Crippen LogP contribution in [0.3, 0.4) is 0 Å². The van der Waals surface area contributed by atoms with Gasteiger partial charge in [0, 0.05) is 19.1 Å². The summed E-state index contributed by atoms with van der Waals surface area (Å²) in [6.45, 7) is 6.88. The van der Waals surface area contributed by atoms with Gasteiger partial charge in [-0.1, -0.05) is 26.0 Å². The van der Waals surface area contributed by atoms with Crippen molar-refractivity contribution < 1.29 is 4.79 Å². The molecule has 0 aromatic rings. The van der Waals surface area contributed by atoms with Crippen LogP contribution in [0.4, 0.5) is 0 Å². The van der Waals surface area contributed by atoms with E-state index < -0.39 is 0 Å². The number of dihydropyridines is 1. The van der Waals surface area contributed by atoms with Crippen LogP contribution in [0.25, 0.3) is 0 Å². The smallest absolute Gasteiger partial charge is 0.236 e. The zero-order valence-corrected chi connectivity index (χ0v) is 17.4. The largest absolute Gasteiger partial charge is 0.397 e. The third-order valence-electron chi connectivity index (χ3n) is 6.23. The van der Waals surface area contributed by atoms with Crippen LogP contribution in [0.15, 0.2) is 35.2 Å². The van der Waals surface area contributed by atoms with Gasteiger partial charge >= 0.3 is 0 Å². The molecule has 1 fully saturated rings. The van der Waals surface area contributed by atoms with Crippen molar-refractivity contribution in [1.29, 1.82) is 0 Å². The molecular formula is C22H36N4O. The number of likely N-dealkylation sites (N-methyl/N-ethyl adjacent to an activating group) is 1. The van der Waals surface area contributed by atoms with Gasteiger partial charge in [0.1, 0.15) is 0 Å². The Bertz CT molecular complexity index is 651. The lowest BCUT2D eigenvalue weighted by Gasteiger charge is -2.38. The third-order valence-corrected chi connectivity index (χ3v) is 6.23. The Morgan fingerprint density at radius 1 is 1.33 bits per heavy atom. The maximum absolute atomic E-state index is 12.3. The lowest BCUT2D eigenvalue weighted by atomic mass is 9.77. The van der Waals surface area contributed by atoms with E-state index in [1.165, 1.54) is 12.0 Å². The van der Waals surface area contributed by atoms with Gasteiger partial charge in [-0.25, -0.2) is 0 Å². The van der Waals surface area contributed by atoms with Gasteiger partial charge in [0.2, 0.25) is 5.91 Å². The monoisotopic (exact) mass is 372 g/mol. The summed E-state index contributed by atoms with van der Waals surface area (Å²) in [6, 6.07) is 0.314. The summed E-state index contributed by atoms with van der Waals surface area (Å²) in [5.41, 5.74) is 10.1. The predicted molar refractivity (Wildman–Crippen MR) is 111 cm³/mol. The number of piperidine rings is 1. The average molecular weight is 373 g/mol. The van der Waals surface area contributed by atoms with E-state index in [0.717, 1.165) is 50.2 Å². The molecule has 0 aromatic heterocycles. The van der Waals surface area contributed by atoms with Gasteiger partial charge in [-0.15, -0.1) is 0 Å². The van der Waals surface area contributed by atoms with Crippen molar-refractivity contribution in [3.05, 3.63) is 35.2 Å². The fourth-order valence-electron chi connectivity index (χ4n) is 4.32. The molecule has 150 valence electrons. The van der Waals surface area contributed by atoms with E-state index in [4.69, 9.17) is 5.73 Å². The minimum Gasteiger partial charge on any atom is -0.397 e. The number of likely N-dealkylation sites (tertiary alicyclic amines) is 1. The molecule has 0 spiro atoms. The maximum atomic E-state index is 12.3. The van der Waals surface area contributed by atoms with E-state index >= 15 is 0 Å². The molecule has 1 saturated heterocycles. The summed E-state index contributed by atoms with van der Waals surface area (Å²) in [6.07, 6.45) is 12.2. The lowest BCUT2D eigenvalue weighted by molar-refractivity contribution is -0.133. The van der Waals surface area contributed by atoms with E-state index in [0.29, 0.717) is 23.9 Å². The number of nitrogens with zero attached hydrogens (tertiary/aromatic N) is 2. The Hall–Kier alpha value is -1.75. The molecule has 3 N–H and O–H groups in total. The Morgan fingerprint density at radius 2 is 2.04 bits per heavy atom. The van der Waals surface area contributed by atoms with Gasteiger partial charge < -0.3 is 20.9 Å². The summed E-state index contributed by atoms with van der Waals surface area (Å²) in [7, 11) is 3.89. The number of nitrogens with one attached hydrogen (secondary N) is 1. The normalized spacial score (nSPS) is 26.2. The molecule has 27 heavy (non-hydrogen) atoms. The number of hydrogen-bond donors (Lipinski definition) is 2. The van der Waals surface area contributed by atoms with E-state index in [1.807, 2.05) is 23.9 Å². The van der Waals surface area contributed by atoms with Crippen LogP contribution >= 0.6 is 0 Å². The second-order valence-electron chi connectivity index (χ2n) is 9.41. The molecule has 0 radical (unpaired) electrons. The summed E-state index contributed by atoms with van der Waals surface area (Å²) in [4.78, 5) is 16.2. The van der Waals surface area contributed by atoms with Crippen LogP contribution in [0.2, 0.25) is 0 Å². The molecular weight excluding hydrogens is 336 g/mol. The molecule has 1 amide bonds. The topological polar surface area (TPSA) is 61.6 Å². The Morgan fingerprint density at radius 3 is 2.63 bits per heavy atom. The van der Waals surface area contributed by atoms with Crippen LogP contribution in [-0.2, 0) is 4.79 Å². The quantitative estimate of drug-likeness (QED) is 0.796. The number of amides is 1.